The van der Waals surface area contributed by atoms with Gasteiger partial charge in [-0.2, -0.15) is 9.61 Å². The van der Waals surface area contributed by atoms with Crippen LogP contribution in [-0.4, -0.2) is 32.3 Å². The lowest BCUT2D eigenvalue weighted by molar-refractivity contribution is 0.0951. The molecule has 1 N–H and O–H groups in total. The molecule has 0 aliphatic rings. The zero-order valence-electron chi connectivity index (χ0n) is 16.2. The maximum absolute atomic E-state index is 12.4. The Morgan fingerprint density at radius 3 is 2.59 bits per heavy atom. The van der Waals surface area contributed by atoms with E-state index < -0.39 is 0 Å². The minimum Gasteiger partial charge on any atom is -0.493 e. The van der Waals surface area contributed by atoms with E-state index in [1.807, 2.05) is 36.4 Å². The van der Waals surface area contributed by atoms with Crippen LogP contribution in [-0.2, 0) is 6.54 Å². The minimum absolute atomic E-state index is 0.113. The lowest BCUT2D eigenvalue weighted by Crippen LogP contribution is -2.22. The molecule has 0 saturated carbocycles. The third-order valence-electron chi connectivity index (χ3n) is 4.24. The van der Waals surface area contributed by atoms with Gasteiger partial charge in [0.05, 0.1) is 6.61 Å². The van der Waals surface area contributed by atoms with Crippen LogP contribution in [0.5, 0.6) is 5.75 Å². The number of carbonyl (C=O) groups is 1. The van der Waals surface area contributed by atoms with E-state index in [0.717, 1.165) is 26.8 Å². The summed E-state index contributed by atoms with van der Waals surface area (Å²) >= 11 is 1.48. The van der Waals surface area contributed by atoms with E-state index in [0.29, 0.717) is 24.6 Å². The largest absolute Gasteiger partial charge is 0.493 e. The minimum atomic E-state index is -0.113. The van der Waals surface area contributed by atoms with Crippen molar-refractivity contribution in [3.8, 4) is 16.3 Å². The van der Waals surface area contributed by atoms with Crippen LogP contribution in [0.1, 0.15) is 29.8 Å². The molecule has 0 fully saturated rings. The second-order valence-electron chi connectivity index (χ2n) is 7.07. The van der Waals surface area contributed by atoms with Gasteiger partial charge in [-0.3, -0.25) is 4.79 Å². The molecule has 0 unspecified atom stereocenters. The molecule has 8 heteroatoms. The number of aromatic nitrogens is 4. The van der Waals surface area contributed by atoms with Gasteiger partial charge < -0.3 is 10.1 Å². The first-order chi connectivity index (χ1) is 14.1. The van der Waals surface area contributed by atoms with Gasteiger partial charge in [-0.1, -0.05) is 49.4 Å². The van der Waals surface area contributed by atoms with Crippen LogP contribution in [0.3, 0.4) is 0 Å². The number of carbonyl (C=O) groups excluding carboxylic acids is 1. The number of rotatable bonds is 7. The van der Waals surface area contributed by atoms with Crippen molar-refractivity contribution in [3.63, 3.8) is 0 Å². The van der Waals surface area contributed by atoms with Crippen molar-refractivity contribution in [1.29, 1.82) is 0 Å². The summed E-state index contributed by atoms with van der Waals surface area (Å²) in [4.78, 5) is 13.1. The first-order valence-electron chi connectivity index (χ1n) is 9.36. The number of nitrogens with zero attached hydrogens (tertiary/aromatic N) is 4. The van der Waals surface area contributed by atoms with Crippen molar-refractivity contribution in [1.82, 2.24) is 25.1 Å². The van der Waals surface area contributed by atoms with Gasteiger partial charge in [0, 0.05) is 17.7 Å². The van der Waals surface area contributed by atoms with Gasteiger partial charge in [-0.05, 0) is 35.7 Å². The van der Waals surface area contributed by atoms with Crippen LogP contribution in [0.2, 0.25) is 0 Å². The Hall–Kier alpha value is -3.26. The van der Waals surface area contributed by atoms with Crippen LogP contribution in [0.4, 0.5) is 0 Å². The molecule has 0 radical (unpaired) electrons. The molecule has 2 heterocycles. The highest BCUT2D eigenvalue weighted by molar-refractivity contribution is 7.19. The van der Waals surface area contributed by atoms with Gasteiger partial charge in [-0.25, -0.2) is 0 Å². The summed E-state index contributed by atoms with van der Waals surface area (Å²) in [6.07, 6.45) is 1.59. The molecule has 4 rings (SSSR count). The summed E-state index contributed by atoms with van der Waals surface area (Å²) in [5, 5.41) is 16.1. The average molecular weight is 407 g/mol. The van der Waals surface area contributed by atoms with Gasteiger partial charge in [-0.15, -0.1) is 10.2 Å². The van der Waals surface area contributed by atoms with Gasteiger partial charge in [0.15, 0.2) is 0 Å². The predicted octanol–water partition coefficient (Wildman–Crippen LogP) is 3.82. The summed E-state index contributed by atoms with van der Waals surface area (Å²) < 4.78 is 7.31. The molecule has 29 heavy (non-hydrogen) atoms. The van der Waals surface area contributed by atoms with Gasteiger partial charge in [0.2, 0.25) is 4.96 Å². The van der Waals surface area contributed by atoms with Crippen LogP contribution in [0.25, 0.3) is 15.5 Å². The Morgan fingerprint density at radius 1 is 1.14 bits per heavy atom. The molecular weight excluding hydrogens is 386 g/mol. The second-order valence-corrected chi connectivity index (χ2v) is 8.03. The van der Waals surface area contributed by atoms with E-state index in [-0.39, 0.29) is 5.91 Å². The smallest absolute Gasteiger partial charge is 0.251 e. The van der Waals surface area contributed by atoms with Crippen LogP contribution in [0, 0.1) is 5.92 Å². The highest BCUT2D eigenvalue weighted by atomic mass is 32.1. The Bertz CT molecular complexity index is 1070. The molecule has 2 aromatic carbocycles. The normalized spacial score (nSPS) is 11.1. The van der Waals surface area contributed by atoms with E-state index in [2.05, 4.69) is 34.5 Å². The van der Waals surface area contributed by atoms with E-state index >= 15 is 0 Å². The maximum Gasteiger partial charge on any atom is 0.251 e. The maximum atomic E-state index is 12.4. The van der Waals surface area contributed by atoms with Crippen molar-refractivity contribution in [3.05, 3.63) is 66.0 Å². The van der Waals surface area contributed by atoms with E-state index in [4.69, 9.17) is 4.74 Å². The van der Waals surface area contributed by atoms with Crippen molar-refractivity contribution in [2.24, 2.45) is 5.92 Å². The topological polar surface area (TPSA) is 81.4 Å². The third-order valence-corrected chi connectivity index (χ3v) is 5.20. The fraction of sp³-hybridized carbons (Fsp3) is 0.238. The third kappa shape index (κ3) is 4.60. The lowest BCUT2D eigenvalue weighted by Gasteiger charge is -2.09. The highest BCUT2D eigenvalue weighted by Crippen LogP contribution is 2.24. The average Bonchev–Trinajstić information content (AvgIpc) is 3.33. The SMILES string of the molecule is CC(C)COc1ccc(C(=O)NCc2ccc(-c3nn4cnnc4s3)cc2)cc1. The standard InChI is InChI=1S/C21H21N5O2S/c1-14(2)12-28-18-9-7-16(8-10-18)19(27)22-11-15-3-5-17(6-4-15)20-25-26-13-23-24-21(26)29-20/h3-10,13-14H,11-12H2,1-2H3,(H,22,27). The molecular formula is C21H21N5O2S. The number of hydrogen-bond donors (Lipinski definition) is 1. The lowest BCUT2D eigenvalue weighted by atomic mass is 10.1. The molecule has 0 aliphatic carbocycles. The Morgan fingerprint density at radius 2 is 1.90 bits per heavy atom. The number of fused-ring (bicyclic) bond motifs is 1. The first kappa shape index (κ1) is 19.1. The number of hydrogen-bond acceptors (Lipinski definition) is 6. The summed E-state index contributed by atoms with van der Waals surface area (Å²) in [7, 11) is 0. The number of nitrogens with one attached hydrogen (secondary N) is 1. The second kappa shape index (κ2) is 8.40. The number of amides is 1. The quantitative estimate of drug-likeness (QED) is 0.504. The van der Waals surface area contributed by atoms with Gasteiger partial charge in [0.25, 0.3) is 5.91 Å². The summed E-state index contributed by atoms with van der Waals surface area (Å²) in [6.45, 7) is 5.31. The number of ether oxygens (including phenoxy) is 1. The molecule has 148 valence electrons. The molecule has 7 nitrogen and oxygen atoms in total. The molecule has 1 amide bonds. The first-order valence-corrected chi connectivity index (χ1v) is 10.2. The molecule has 0 atom stereocenters. The fourth-order valence-electron chi connectivity index (χ4n) is 2.69. The molecule has 0 spiro atoms. The monoisotopic (exact) mass is 407 g/mol. The van der Waals surface area contributed by atoms with E-state index in [1.54, 1.807) is 23.0 Å². The summed E-state index contributed by atoms with van der Waals surface area (Å²) in [5.74, 6) is 1.12. The van der Waals surface area contributed by atoms with Crippen molar-refractivity contribution in [2.45, 2.75) is 20.4 Å². The van der Waals surface area contributed by atoms with Gasteiger partial charge in [0.1, 0.15) is 17.1 Å². The summed E-state index contributed by atoms with van der Waals surface area (Å²) in [6, 6.07) is 15.2. The number of benzene rings is 2. The molecule has 4 aromatic rings. The van der Waals surface area contributed by atoms with Crippen LogP contribution < -0.4 is 10.1 Å². The van der Waals surface area contributed by atoms with Gasteiger partial charge >= 0.3 is 0 Å². The van der Waals surface area contributed by atoms with Crippen molar-refractivity contribution in [2.75, 3.05) is 6.61 Å². The zero-order chi connectivity index (χ0) is 20.2. The molecule has 0 saturated heterocycles. The van der Waals surface area contributed by atoms with Crippen LogP contribution >= 0.6 is 11.3 Å². The summed E-state index contributed by atoms with van der Waals surface area (Å²) in [5.41, 5.74) is 2.63. The highest BCUT2D eigenvalue weighted by Gasteiger charge is 2.09. The molecule has 2 aromatic heterocycles. The van der Waals surface area contributed by atoms with Crippen LogP contribution in [0.15, 0.2) is 54.9 Å². The Balaban J connectivity index is 1.33. The van der Waals surface area contributed by atoms with Crippen molar-refractivity contribution >= 4 is 22.2 Å². The molecule has 0 bridgehead atoms. The van der Waals surface area contributed by atoms with Crippen molar-refractivity contribution < 1.29 is 9.53 Å². The molecule has 0 aliphatic heterocycles. The zero-order valence-corrected chi connectivity index (χ0v) is 17.0. The Labute approximate surface area is 172 Å². The fourth-order valence-corrected chi connectivity index (χ4v) is 3.52. The predicted molar refractivity (Wildman–Crippen MR) is 112 cm³/mol. The Kier molecular flexibility index (Phi) is 5.53. The van der Waals surface area contributed by atoms with E-state index in [9.17, 15) is 4.79 Å². The van der Waals surface area contributed by atoms with E-state index in [1.165, 1.54) is 11.3 Å².